The van der Waals surface area contributed by atoms with Gasteiger partial charge in [0, 0.05) is 13.1 Å². The van der Waals surface area contributed by atoms with Crippen molar-refractivity contribution in [2.45, 2.75) is 32.2 Å². The first-order chi connectivity index (χ1) is 9.72. The minimum Gasteiger partial charge on any atom is -0.340 e. The first kappa shape index (κ1) is 12.8. The molecule has 8 heteroatoms. The highest BCUT2D eigenvalue weighted by Gasteiger charge is 2.28. The molecule has 3 rings (SSSR count). The van der Waals surface area contributed by atoms with Crippen molar-refractivity contribution in [3.05, 3.63) is 24.4 Å². The van der Waals surface area contributed by atoms with Gasteiger partial charge >= 0.3 is 0 Å². The number of carbonyl (C=O) groups excluding carboxylic acids is 1. The molecular formula is C12H16N6O2. The van der Waals surface area contributed by atoms with E-state index in [-0.39, 0.29) is 18.4 Å². The zero-order chi connectivity index (χ0) is 13.9. The van der Waals surface area contributed by atoms with Gasteiger partial charge in [-0.1, -0.05) is 5.16 Å². The Balaban J connectivity index is 1.64. The molecule has 0 radical (unpaired) electrons. The van der Waals surface area contributed by atoms with Crippen molar-refractivity contribution in [2.24, 2.45) is 0 Å². The van der Waals surface area contributed by atoms with E-state index in [0.29, 0.717) is 18.3 Å². The van der Waals surface area contributed by atoms with E-state index in [1.807, 2.05) is 4.90 Å². The van der Waals surface area contributed by atoms with Gasteiger partial charge in [0.2, 0.25) is 11.8 Å². The van der Waals surface area contributed by atoms with Crippen molar-refractivity contribution in [1.29, 1.82) is 0 Å². The maximum absolute atomic E-state index is 12.2. The van der Waals surface area contributed by atoms with Crippen LogP contribution in [0.2, 0.25) is 0 Å². The predicted molar refractivity (Wildman–Crippen MR) is 67.6 cm³/mol. The smallest absolute Gasteiger partial charge is 0.244 e. The first-order valence-corrected chi connectivity index (χ1v) is 6.63. The molecule has 1 amide bonds. The minimum atomic E-state index is 0.0384. The Morgan fingerprint density at radius 1 is 1.55 bits per heavy atom. The second-order valence-corrected chi connectivity index (χ2v) is 4.95. The number of likely N-dealkylation sites (tertiary alicyclic amines) is 1. The van der Waals surface area contributed by atoms with Crippen molar-refractivity contribution in [3.63, 3.8) is 0 Å². The zero-order valence-corrected chi connectivity index (χ0v) is 11.3. The average molecular weight is 276 g/mol. The van der Waals surface area contributed by atoms with E-state index >= 15 is 0 Å². The standard InChI is InChI=1S/C12H16N6O2/c1-9-15-12(20-16-9)10-3-2-4-17(5-10)11(19)6-18-8-13-7-14-18/h7-8,10H,2-6H2,1H3/t10-/m1/s1. The minimum absolute atomic E-state index is 0.0384. The molecule has 2 aromatic heterocycles. The van der Waals surface area contributed by atoms with Gasteiger partial charge in [0.25, 0.3) is 0 Å². The van der Waals surface area contributed by atoms with Crippen LogP contribution in [-0.2, 0) is 11.3 Å². The predicted octanol–water partition coefficient (Wildman–Crippen LogP) is 0.376. The Labute approximate surface area is 115 Å². The fourth-order valence-electron chi connectivity index (χ4n) is 2.44. The quantitative estimate of drug-likeness (QED) is 0.804. The molecule has 3 heterocycles. The molecule has 0 saturated carbocycles. The zero-order valence-electron chi connectivity index (χ0n) is 11.3. The first-order valence-electron chi connectivity index (χ1n) is 6.63. The molecule has 106 valence electrons. The van der Waals surface area contributed by atoms with Crippen molar-refractivity contribution in [3.8, 4) is 0 Å². The molecule has 0 bridgehead atoms. The number of aryl methyl sites for hydroxylation is 1. The van der Waals surface area contributed by atoms with Gasteiger partial charge in [0.15, 0.2) is 5.82 Å². The Morgan fingerprint density at radius 2 is 2.45 bits per heavy atom. The van der Waals surface area contributed by atoms with E-state index in [0.717, 1.165) is 19.4 Å². The normalized spacial score (nSPS) is 19.2. The molecule has 1 aliphatic rings. The van der Waals surface area contributed by atoms with Crippen molar-refractivity contribution in [1.82, 2.24) is 29.8 Å². The van der Waals surface area contributed by atoms with Crippen LogP contribution in [0.5, 0.6) is 0 Å². The molecule has 0 aromatic carbocycles. The average Bonchev–Trinajstić information content (AvgIpc) is 3.10. The second-order valence-electron chi connectivity index (χ2n) is 4.95. The van der Waals surface area contributed by atoms with Crippen LogP contribution in [0.3, 0.4) is 0 Å². The van der Waals surface area contributed by atoms with E-state index < -0.39 is 0 Å². The summed E-state index contributed by atoms with van der Waals surface area (Å²) in [6, 6.07) is 0. The van der Waals surface area contributed by atoms with Crippen LogP contribution >= 0.6 is 0 Å². The van der Waals surface area contributed by atoms with Crippen LogP contribution in [0.25, 0.3) is 0 Å². The Hall–Kier alpha value is -2.25. The van der Waals surface area contributed by atoms with E-state index in [1.165, 1.54) is 11.0 Å². The third-order valence-electron chi connectivity index (χ3n) is 3.43. The van der Waals surface area contributed by atoms with Gasteiger partial charge in [-0.2, -0.15) is 10.1 Å². The maximum Gasteiger partial charge on any atom is 0.244 e. The van der Waals surface area contributed by atoms with Gasteiger partial charge in [0.05, 0.1) is 5.92 Å². The summed E-state index contributed by atoms with van der Waals surface area (Å²) >= 11 is 0. The topological polar surface area (TPSA) is 89.9 Å². The van der Waals surface area contributed by atoms with Crippen molar-refractivity contribution in [2.75, 3.05) is 13.1 Å². The molecule has 8 nitrogen and oxygen atoms in total. The van der Waals surface area contributed by atoms with Gasteiger partial charge in [0.1, 0.15) is 19.2 Å². The van der Waals surface area contributed by atoms with Gasteiger partial charge < -0.3 is 9.42 Å². The van der Waals surface area contributed by atoms with Crippen LogP contribution in [0.15, 0.2) is 17.2 Å². The molecular weight excluding hydrogens is 260 g/mol. The lowest BCUT2D eigenvalue weighted by molar-refractivity contribution is -0.133. The van der Waals surface area contributed by atoms with Gasteiger partial charge in [-0.15, -0.1) is 0 Å². The highest BCUT2D eigenvalue weighted by atomic mass is 16.5. The van der Waals surface area contributed by atoms with E-state index in [9.17, 15) is 4.79 Å². The van der Waals surface area contributed by atoms with Crippen LogP contribution in [-0.4, -0.2) is 48.8 Å². The van der Waals surface area contributed by atoms with Crippen LogP contribution in [0.1, 0.15) is 30.5 Å². The number of nitrogens with zero attached hydrogens (tertiary/aromatic N) is 6. The summed E-state index contributed by atoms with van der Waals surface area (Å²) in [4.78, 5) is 22.1. The SMILES string of the molecule is Cc1noc([C@@H]2CCCN(C(=O)Cn3cncn3)C2)n1. The third-order valence-corrected chi connectivity index (χ3v) is 3.43. The molecule has 20 heavy (non-hydrogen) atoms. The Bertz CT molecular complexity index is 579. The summed E-state index contributed by atoms with van der Waals surface area (Å²) in [6.07, 6.45) is 4.87. The Morgan fingerprint density at radius 3 is 3.15 bits per heavy atom. The number of piperidine rings is 1. The van der Waals surface area contributed by atoms with E-state index in [4.69, 9.17) is 4.52 Å². The highest BCUT2D eigenvalue weighted by molar-refractivity contribution is 5.76. The van der Waals surface area contributed by atoms with Gasteiger partial charge in [-0.25, -0.2) is 9.67 Å². The molecule has 0 spiro atoms. The molecule has 0 unspecified atom stereocenters. The number of aromatic nitrogens is 5. The fourth-order valence-corrected chi connectivity index (χ4v) is 2.44. The summed E-state index contributed by atoms with van der Waals surface area (Å²) in [5.74, 6) is 1.42. The summed E-state index contributed by atoms with van der Waals surface area (Å²) in [7, 11) is 0. The van der Waals surface area contributed by atoms with Crippen LogP contribution in [0, 0.1) is 6.92 Å². The van der Waals surface area contributed by atoms with Crippen LogP contribution in [0.4, 0.5) is 0 Å². The number of amides is 1. The lowest BCUT2D eigenvalue weighted by Crippen LogP contribution is -2.41. The van der Waals surface area contributed by atoms with Crippen molar-refractivity contribution >= 4 is 5.91 Å². The lowest BCUT2D eigenvalue weighted by Gasteiger charge is -2.30. The number of hydrogen-bond acceptors (Lipinski definition) is 6. The van der Waals surface area contributed by atoms with Gasteiger partial charge in [-0.05, 0) is 19.8 Å². The molecule has 1 atom stereocenters. The summed E-state index contributed by atoms with van der Waals surface area (Å²) in [6.45, 7) is 3.39. The summed E-state index contributed by atoms with van der Waals surface area (Å²) in [5, 5.41) is 7.76. The maximum atomic E-state index is 12.2. The van der Waals surface area contributed by atoms with Crippen molar-refractivity contribution < 1.29 is 9.32 Å². The molecule has 1 fully saturated rings. The molecule has 2 aromatic rings. The number of rotatable bonds is 3. The molecule has 0 aliphatic carbocycles. The molecule has 0 N–H and O–H groups in total. The molecule has 1 saturated heterocycles. The number of hydrogen-bond donors (Lipinski definition) is 0. The monoisotopic (exact) mass is 276 g/mol. The number of carbonyl (C=O) groups is 1. The second kappa shape index (κ2) is 5.40. The lowest BCUT2D eigenvalue weighted by atomic mass is 9.98. The third kappa shape index (κ3) is 2.68. The summed E-state index contributed by atoms with van der Waals surface area (Å²) < 4.78 is 6.74. The van der Waals surface area contributed by atoms with E-state index in [2.05, 4.69) is 20.2 Å². The van der Waals surface area contributed by atoms with Crippen LogP contribution < -0.4 is 0 Å². The largest absolute Gasteiger partial charge is 0.340 e. The van der Waals surface area contributed by atoms with E-state index in [1.54, 1.807) is 13.3 Å². The van der Waals surface area contributed by atoms with Gasteiger partial charge in [-0.3, -0.25) is 4.79 Å². The fraction of sp³-hybridized carbons (Fsp3) is 0.583. The Kier molecular flexibility index (Phi) is 3.44. The molecule has 1 aliphatic heterocycles. The highest BCUT2D eigenvalue weighted by Crippen LogP contribution is 2.25. The summed E-state index contributed by atoms with van der Waals surface area (Å²) in [5.41, 5.74) is 0.